The summed E-state index contributed by atoms with van der Waals surface area (Å²) in [5.41, 5.74) is 3.94. The second-order valence-corrected chi connectivity index (χ2v) is 4.14. The molecule has 0 fully saturated rings. The molecule has 2 aromatic rings. The number of nitrogens with one attached hydrogen (secondary N) is 2. The van der Waals surface area contributed by atoms with Gasteiger partial charge in [-0.3, -0.25) is 0 Å². The minimum atomic E-state index is 0. The number of benzene rings is 1. The largest absolute Gasteiger partial charge is 0.357 e. The van der Waals surface area contributed by atoms with Crippen molar-refractivity contribution in [3.8, 4) is 0 Å². The van der Waals surface area contributed by atoms with E-state index >= 15 is 0 Å². The normalized spacial score (nSPS) is 14.7. The van der Waals surface area contributed by atoms with Crippen molar-refractivity contribution in [1.82, 2.24) is 10.3 Å². The molecule has 15 heavy (non-hydrogen) atoms. The van der Waals surface area contributed by atoms with Crippen LogP contribution in [0.1, 0.15) is 11.3 Å². The zero-order valence-corrected chi connectivity index (χ0v) is 9.71. The van der Waals surface area contributed by atoms with Crippen molar-refractivity contribution >= 4 is 34.9 Å². The van der Waals surface area contributed by atoms with Crippen molar-refractivity contribution in [1.29, 1.82) is 0 Å². The lowest BCUT2D eigenvalue weighted by atomic mass is 10.1. The topological polar surface area (TPSA) is 27.8 Å². The Balaban J connectivity index is 0.000000853. The van der Waals surface area contributed by atoms with Gasteiger partial charge in [-0.2, -0.15) is 0 Å². The molecule has 0 saturated carbocycles. The van der Waals surface area contributed by atoms with Gasteiger partial charge in [0.15, 0.2) is 0 Å². The Bertz CT molecular complexity index is 491. The van der Waals surface area contributed by atoms with Crippen molar-refractivity contribution in [2.75, 3.05) is 6.54 Å². The lowest BCUT2D eigenvalue weighted by Crippen LogP contribution is -2.22. The highest BCUT2D eigenvalue weighted by atomic mass is 35.5. The number of H-pyrrole nitrogens is 1. The summed E-state index contributed by atoms with van der Waals surface area (Å²) >= 11 is 5.99. The fraction of sp³-hybridized carbons (Fsp3) is 0.273. The number of fused-ring (bicyclic) bond motifs is 3. The van der Waals surface area contributed by atoms with Gasteiger partial charge in [0.2, 0.25) is 0 Å². The molecule has 0 radical (unpaired) electrons. The van der Waals surface area contributed by atoms with Gasteiger partial charge in [-0.25, -0.2) is 0 Å². The van der Waals surface area contributed by atoms with Crippen molar-refractivity contribution < 1.29 is 0 Å². The standard InChI is InChI=1S/C11H11ClN2.ClH/c12-7-1-2-10-9(5-7)8-3-4-13-6-11(8)14-10;/h1-2,5,13-14H,3-4,6H2;1H. The second-order valence-electron chi connectivity index (χ2n) is 3.70. The summed E-state index contributed by atoms with van der Waals surface area (Å²) in [5.74, 6) is 0. The number of aromatic nitrogens is 1. The highest BCUT2D eigenvalue weighted by Gasteiger charge is 2.14. The van der Waals surface area contributed by atoms with Gasteiger partial charge in [0, 0.05) is 28.2 Å². The minimum absolute atomic E-state index is 0. The van der Waals surface area contributed by atoms with E-state index in [-0.39, 0.29) is 12.4 Å². The van der Waals surface area contributed by atoms with Gasteiger partial charge in [0.05, 0.1) is 0 Å². The molecule has 2 N–H and O–H groups in total. The summed E-state index contributed by atoms with van der Waals surface area (Å²) < 4.78 is 0. The molecule has 0 saturated heterocycles. The maximum atomic E-state index is 5.99. The van der Waals surface area contributed by atoms with E-state index in [2.05, 4.69) is 22.4 Å². The van der Waals surface area contributed by atoms with Crippen molar-refractivity contribution in [2.45, 2.75) is 13.0 Å². The van der Waals surface area contributed by atoms with Crippen LogP contribution in [0.4, 0.5) is 0 Å². The van der Waals surface area contributed by atoms with Crippen molar-refractivity contribution in [3.63, 3.8) is 0 Å². The van der Waals surface area contributed by atoms with E-state index in [1.807, 2.05) is 6.07 Å². The maximum absolute atomic E-state index is 5.99. The van der Waals surface area contributed by atoms with Gasteiger partial charge in [-0.05, 0) is 36.7 Å². The molecule has 0 spiro atoms. The zero-order chi connectivity index (χ0) is 9.54. The van der Waals surface area contributed by atoms with Crippen LogP contribution in [0.25, 0.3) is 10.9 Å². The molecule has 4 heteroatoms. The minimum Gasteiger partial charge on any atom is -0.357 e. The highest BCUT2D eigenvalue weighted by molar-refractivity contribution is 6.31. The first-order chi connectivity index (χ1) is 6.84. The molecule has 0 amide bonds. The average molecular weight is 243 g/mol. The van der Waals surface area contributed by atoms with Crippen LogP contribution in [0.3, 0.4) is 0 Å². The fourth-order valence-corrected chi connectivity index (χ4v) is 2.31. The summed E-state index contributed by atoms with van der Waals surface area (Å²) in [5, 5.41) is 5.46. The molecule has 1 aliphatic heterocycles. The van der Waals surface area contributed by atoms with Gasteiger partial charge in [0.25, 0.3) is 0 Å². The monoisotopic (exact) mass is 242 g/mol. The molecule has 3 rings (SSSR count). The average Bonchev–Trinajstić information content (AvgIpc) is 2.56. The predicted octanol–water partition coefficient (Wildman–Crippen LogP) is 2.89. The number of hydrogen-bond acceptors (Lipinski definition) is 1. The fourth-order valence-electron chi connectivity index (χ4n) is 2.14. The van der Waals surface area contributed by atoms with Crippen LogP contribution in [-0.2, 0) is 13.0 Å². The van der Waals surface area contributed by atoms with Crippen LogP contribution in [0, 0.1) is 0 Å². The molecule has 1 aliphatic rings. The van der Waals surface area contributed by atoms with Gasteiger partial charge in [-0.1, -0.05) is 11.6 Å². The quantitative estimate of drug-likeness (QED) is 0.731. The molecule has 0 atom stereocenters. The zero-order valence-electron chi connectivity index (χ0n) is 8.14. The van der Waals surface area contributed by atoms with Gasteiger partial charge in [0.1, 0.15) is 0 Å². The summed E-state index contributed by atoms with van der Waals surface area (Å²) in [4.78, 5) is 3.42. The van der Waals surface area contributed by atoms with Gasteiger partial charge >= 0.3 is 0 Å². The van der Waals surface area contributed by atoms with E-state index in [0.29, 0.717) is 0 Å². The van der Waals surface area contributed by atoms with Gasteiger partial charge in [-0.15, -0.1) is 12.4 Å². The van der Waals surface area contributed by atoms with Crippen LogP contribution >= 0.6 is 24.0 Å². The lowest BCUT2D eigenvalue weighted by molar-refractivity contribution is 0.637. The van der Waals surface area contributed by atoms with Gasteiger partial charge < -0.3 is 10.3 Å². The second kappa shape index (κ2) is 4.05. The SMILES string of the molecule is Cl.Clc1ccc2[nH]c3c(c2c1)CCNC3. The third kappa shape index (κ3) is 1.73. The van der Waals surface area contributed by atoms with E-state index in [4.69, 9.17) is 11.6 Å². The van der Waals surface area contributed by atoms with Crippen LogP contribution in [-0.4, -0.2) is 11.5 Å². The summed E-state index contributed by atoms with van der Waals surface area (Å²) in [6.45, 7) is 2.01. The Morgan fingerprint density at radius 1 is 1.27 bits per heavy atom. The number of rotatable bonds is 0. The van der Waals surface area contributed by atoms with Crippen LogP contribution in [0.5, 0.6) is 0 Å². The van der Waals surface area contributed by atoms with Crippen LogP contribution in [0.2, 0.25) is 5.02 Å². The van der Waals surface area contributed by atoms with E-state index in [1.54, 1.807) is 0 Å². The van der Waals surface area contributed by atoms with Crippen molar-refractivity contribution in [2.24, 2.45) is 0 Å². The molecule has 0 aliphatic carbocycles. The predicted molar refractivity (Wildman–Crippen MR) is 66.0 cm³/mol. The summed E-state index contributed by atoms with van der Waals surface area (Å²) in [6, 6.07) is 6.03. The number of hydrogen-bond donors (Lipinski definition) is 2. The van der Waals surface area contributed by atoms with Crippen LogP contribution < -0.4 is 5.32 Å². The first-order valence-corrected chi connectivity index (χ1v) is 5.22. The Kier molecular flexibility index (Phi) is 2.91. The lowest BCUT2D eigenvalue weighted by Gasteiger charge is -2.12. The maximum Gasteiger partial charge on any atom is 0.0460 e. The smallest absolute Gasteiger partial charge is 0.0460 e. The van der Waals surface area contributed by atoms with Crippen molar-refractivity contribution in [3.05, 3.63) is 34.5 Å². The molecular weight excluding hydrogens is 231 g/mol. The van der Waals surface area contributed by atoms with E-state index < -0.39 is 0 Å². The first-order valence-electron chi connectivity index (χ1n) is 4.84. The highest BCUT2D eigenvalue weighted by Crippen LogP contribution is 2.27. The summed E-state index contributed by atoms with van der Waals surface area (Å²) in [7, 11) is 0. The van der Waals surface area contributed by atoms with E-state index in [9.17, 15) is 0 Å². The Labute approximate surface area is 99.4 Å². The Morgan fingerprint density at radius 3 is 3.00 bits per heavy atom. The first kappa shape index (κ1) is 10.8. The third-order valence-corrected chi connectivity index (χ3v) is 3.05. The van der Waals surface area contributed by atoms with E-state index in [1.165, 1.54) is 22.2 Å². The molecular formula is C11H12Cl2N2. The van der Waals surface area contributed by atoms with Crippen LogP contribution in [0.15, 0.2) is 18.2 Å². The number of aromatic amines is 1. The molecule has 2 heterocycles. The summed E-state index contributed by atoms with van der Waals surface area (Å²) in [6.07, 6.45) is 1.09. The van der Waals surface area contributed by atoms with E-state index in [0.717, 1.165) is 24.5 Å². The Hall–Kier alpha value is -0.700. The molecule has 2 nitrogen and oxygen atoms in total. The third-order valence-electron chi connectivity index (χ3n) is 2.81. The molecule has 0 bridgehead atoms. The molecule has 0 unspecified atom stereocenters. The molecule has 1 aromatic carbocycles. The Morgan fingerprint density at radius 2 is 2.13 bits per heavy atom. The number of halogens is 2. The molecule has 1 aromatic heterocycles. The molecule has 80 valence electrons.